The van der Waals surface area contributed by atoms with Gasteiger partial charge in [-0.2, -0.15) is 0 Å². The molecule has 4 heteroatoms. The third kappa shape index (κ3) is 2.78. The van der Waals surface area contributed by atoms with E-state index in [9.17, 15) is 9.59 Å². The van der Waals surface area contributed by atoms with Crippen molar-refractivity contribution in [3.63, 3.8) is 0 Å². The molecule has 1 unspecified atom stereocenters. The molecule has 2 amide bonds. The first kappa shape index (κ1) is 13.6. The Kier molecular flexibility index (Phi) is 4.20. The summed E-state index contributed by atoms with van der Waals surface area (Å²) in [4.78, 5) is 25.4. The zero-order chi connectivity index (χ0) is 13.8. The van der Waals surface area contributed by atoms with Crippen molar-refractivity contribution in [1.29, 1.82) is 0 Å². The molecule has 1 aromatic rings. The Morgan fingerprint density at radius 1 is 1.32 bits per heavy atom. The molecule has 0 aromatic heterocycles. The van der Waals surface area contributed by atoms with Crippen LogP contribution in [0, 0.1) is 0 Å². The van der Waals surface area contributed by atoms with Gasteiger partial charge in [0.25, 0.3) is 5.91 Å². The predicted octanol–water partition coefficient (Wildman–Crippen LogP) is 2.40. The lowest BCUT2D eigenvalue weighted by Crippen LogP contribution is -2.37. The Hall–Kier alpha value is -1.84. The summed E-state index contributed by atoms with van der Waals surface area (Å²) < 4.78 is 0. The first-order valence-corrected chi connectivity index (χ1v) is 6.82. The molecule has 1 heterocycles. The van der Waals surface area contributed by atoms with Gasteiger partial charge in [0.1, 0.15) is 6.04 Å². The van der Waals surface area contributed by atoms with Crippen LogP contribution in [0.25, 0.3) is 0 Å². The van der Waals surface area contributed by atoms with Gasteiger partial charge >= 0.3 is 0 Å². The average molecular weight is 260 g/mol. The normalized spacial score (nSPS) is 17.5. The topological polar surface area (TPSA) is 49.4 Å². The van der Waals surface area contributed by atoms with Gasteiger partial charge in [-0.05, 0) is 12.5 Å². The van der Waals surface area contributed by atoms with Crippen molar-refractivity contribution in [3.8, 4) is 0 Å². The van der Waals surface area contributed by atoms with E-state index in [-0.39, 0.29) is 11.8 Å². The Bertz CT molecular complexity index is 485. The minimum absolute atomic E-state index is 0.0208. The fourth-order valence-electron chi connectivity index (χ4n) is 2.48. The van der Waals surface area contributed by atoms with Crippen LogP contribution in [0.15, 0.2) is 24.3 Å². The second-order valence-corrected chi connectivity index (χ2v) is 4.89. The number of para-hydroxylation sites is 1. The maximum absolute atomic E-state index is 12.4. The third-order valence-electron chi connectivity index (χ3n) is 3.38. The Morgan fingerprint density at radius 3 is 2.74 bits per heavy atom. The van der Waals surface area contributed by atoms with E-state index < -0.39 is 6.04 Å². The molecule has 0 saturated heterocycles. The number of nitrogens with one attached hydrogen (secondary N) is 1. The number of anilines is 1. The van der Waals surface area contributed by atoms with Crippen molar-refractivity contribution >= 4 is 17.5 Å². The molecule has 1 atom stereocenters. The molecule has 1 aromatic carbocycles. The zero-order valence-electron chi connectivity index (χ0n) is 11.5. The van der Waals surface area contributed by atoms with Crippen LogP contribution in [-0.2, 0) is 9.59 Å². The van der Waals surface area contributed by atoms with E-state index in [0.29, 0.717) is 0 Å². The summed E-state index contributed by atoms with van der Waals surface area (Å²) >= 11 is 0. The van der Waals surface area contributed by atoms with E-state index in [1.165, 1.54) is 6.92 Å². The number of hydrogen-bond donors (Lipinski definition) is 1. The summed E-state index contributed by atoms with van der Waals surface area (Å²) in [5.41, 5.74) is 1.83. The Balaban J connectivity index is 2.22. The lowest BCUT2D eigenvalue weighted by molar-refractivity contribution is -0.126. The van der Waals surface area contributed by atoms with Crippen molar-refractivity contribution in [3.05, 3.63) is 29.8 Å². The first-order valence-electron chi connectivity index (χ1n) is 6.82. The SMILES string of the molecule is CCCCCN1C(=O)C(NC(C)=O)c2ccccc21. The highest BCUT2D eigenvalue weighted by molar-refractivity contribution is 6.06. The quantitative estimate of drug-likeness (QED) is 0.826. The summed E-state index contributed by atoms with van der Waals surface area (Å²) in [5.74, 6) is -0.198. The van der Waals surface area contributed by atoms with Crippen LogP contribution in [0.2, 0.25) is 0 Å². The number of fused-ring (bicyclic) bond motifs is 1. The minimum Gasteiger partial charge on any atom is -0.341 e. The van der Waals surface area contributed by atoms with Gasteiger partial charge in [0, 0.05) is 24.7 Å². The highest BCUT2D eigenvalue weighted by Crippen LogP contribution is 2.35. The van der Waals surface area contributed by atoms with Crippen LogP contribution >= 0.6 is 0 Å². The van der Waals surface area contributed by atoms with Crippen molar-refractivity contribution in [2.75, 3.05) is 11.4 Å². The number of hydrogen-bond acceptors (Lipinski definition) is 2. The van der Waals surface area contributed by atoms with Crippen molar-refractivity contribution in [2.45, 2.75) is 39.2 Å². The molecule has 0 radical (unpaired) electrons. The maximum atomic E-state index is 12.4. The first-order chi connectivity index (χ1) is 9.15. The summed E-state index contributed by atoms with van der Waals surface area (Å²) in [6, 6.07) is 7.16. The molecular formula is C15H20N2O2. The average Bonchev–Trinajstić information content (AvgIpc) is 2.64. The largest absolute Gasteiger partial charge is 0.341 e. The second-order valence-electron chi connectivity index (χ2n) is 4.89. The van der Waals surface area contributed by atoms with Gasteiger partial charge in [0.05, 0.1) is 0 Å². The lowest BCUT2D eigenvalue weighted by atomic mass is 10.1. The molecule has 0 saturated carbocycles. The van der Waals surface area contributed by atoms with Gasteiger partial charge < -0.3 is 10.2 Å². The van der Waals surface area contributed by atoms with E-state index in [1.54, 1.807) is 4.90 Å². The Morgan fingerprint density at radius 2 is 2.05 bits per heavy atom. The highest BCUT2D eigenvalue weighted by atomic mass is 16.2. The van der Waals surface area contributed by atoms with Gasteiger partial charge in [-0.3, -0.25) is 9.59 Å². The van der Waals surface area contributed by atoms with E-state index in [0.717, 1.165) is 37.1 Å². The molecule has 0 spiro atoms. The molecule has 1 aliphatic rings. The number of carbonyl (C=O) groups is 2. The monoisotopic (exact) mass is 260 g/mol. The summed E-state index contributed by atoms with van der Waals surface area (Å²) in [6.45, 7) is 4.30. The zero-order valence-corrected chi connectivity index (χ0v) is 11.5. The van der Waals surface area contributed by atoms with Crippen LogP contribution in [0.3, 0.4) is 0 Å². The van der Waals surface area contributed by atoms with Crippen LogP contribution in [0.4, 0.5) is 5.69 Å². The number of nitrogens with zero attached hydrogens (tertiary/aromatic N) is 1. The molecule has 102 valence electrons. The van der Waals surface area contributed by atoms with Gasteiger partial charge in [-0.25, -0.2) is 0 Å². The van der Waals surface area contributed by atoms with E-state index in [2.05, 4.69) is 12.2 Å². The molecule has 0 fully saturated rings. The minimum atomic E-state index is -0.518. The van der Waals surface area contributed by atoms with Crippen molar-refractivity contribution in [1.82, 2.24) is 5.32 Å². The lowest BCUT2D eigenvalue weighted by Gasteiger charge is -2.17. The van der Waals surface area contributed by atoms with Crippen molar-refractivity contribution in [2.24, 2.45) is 0 Å². The van der Waals surface area contributed by atoms with E-state index >= 15 is 0 Å². The summed E-state index contributed by atoms with van der Waals surface area (Å²) in [5, 5.41) is 2.74. The molecular weight excluding hydrogens is 240 g/mol. The number of carbonyl (C=O) groups excluding carboxylic acids is 2. The third-order valence-corrected chi connectivity index (χ3v) is 3.38. The van der Waals surface area contributed by atoms with Crippen molar-refractivity contribution < 1.29 is 9.59 Å². The fraction of sp³-hybridized carbons (Fsp3) is 0.467. The second kappa shape index (κ2) is 5.87. The van der Waals surface area contributed by atoms with Gasteiger partial charge in [-0.1, -0.05) is 38.0 Å². The molecule has 19 heavy (non-hydrogen) atoms. The molecule has 1 N–H and O–H groups in total. The standard InChI is InChI=1S/C15H20N2O2/c1-3-4-7-10-17-13-9-6-5-8-12(13)14(15(17)19)16-11(2)18/h5-6,8-9,14H,3-4,7,10H2,1-2H3,(H,16,18). The highest BCUT2D eigenvalue weighted by Gasteiger charge is 2.36. The smallest absolute Gasteiger partial charge is 0.254 e. The number of unbranched alkanes of at least 4 members (excludes halogenated alkanes) is 2. The van der Waals surface area contributed by atoms with Crippen LogP contribution in [-0.4, -0.2) is 18.4 Å². The van der Waals surface area contributed by atoms with Crippen LogP contribution in [0.5, 0.6) is 0 Å². The summed E-state index contributed by atoms with van der Waals surface area (Å²) in [7, 11) is 0. The number of amides is 2. The van der Waals surface area contributed by atoms with Gasteiger partial charge in [0.2, 0.25) is 5.91 Å². The van der Waals surface area contributed by atoms with Crippen LogP contribution in [0.1, 0.15) is 44.7 Å². The van der Waals surface area contributed by atoms with Crippen LogP contribution < -0.4 is 10.2 Å². The number of rotatable bonds is 5. The molecule has 1 aliphatic heterocycles. The maximum Gasteiger partial charge on any atom is 0.254 e. The number of benzene rings is 1. The molecule has 4 nitrogen and oxygen atoms in total. The molecule has 2 rings (SSSR count). The van der Waals surface area contributed by atoms with E-state index in [4.69, 9.17) is 0 Å². The van der Waals surface area contributed by atoms with E-state index in [1.807, 2.05) is 24.3 Å². The Labute approximate surface area is 113 Å². The van der Waals surface area contributed by atoms with Gasteiger partial charge in [0.15, 0.2) is 0 Å². The summed E-state index contributed by atoms with van der Waals surface area (Å²) in [6.07, 6.45) is 3.22. The fourth-order valence-corrected chi connectivity index (χ4v) is 2.48. The molecule has 0 aliphatic carbocycles. The predicted molar refractivity (Wildman–Crippen MR) is 74.9 cm³/mol. The molecule has 0 bridgehead atoms. The van der Waals surface area contributed by atoms with Gasteiger partial charge in [-0.15, -0.1) is 0 Å².